The number of benzene rings is 2. The minimum Gasteiger partial charge on any atom is -0.486 e. The summed E-state index contributed by atoms with van der Waals surface area (Å²) in [5.41, 5.74) is 1.85. The number of hydrogen-bond donors (Lipinski definition) is 3. The second-order valence-corrected chi connectivity index (χ2v) is 7.41. The molecule has 3 rings (SSSR count). The van der Waals surface area contributed by atoms with Gasteiger partial charge in [0.25, 0.3) is 0 Å². The molecule has 1 unspecified atom stereocenters. The lowest BCUT2D eigenvalue weighted by Crippen LogP contribution is -2.45. The van der Waals surface area contributed by atoms with Crippen LogP contribution < -0.4 is 25.4 Å². The number of nitrogens with zero attached hydrogens (tertiary/aromatic N) is 1. The summed E-state index contributed by atoms with van der Waals surface area (Å²) < 4.78 is 11.7. The van der Waals surface area contributed by atoms with Crippen LogP contribution in [-0.2, 0) is 11.3 Å². The Morgan fingerprint density at radius 3 is 2.53 bits per heavy atom. The minimum absolute atomic E-state index is 0.0101. The number of nitrogens with one attached hydrogen (secondary N) is 3. The summed E-state index contributed by atoms with van der Waals surface area (Å²) in [6.45, 7) is 8.14. The highest BCUT2D eigenvalue weighted by Gasteiger charge is 2.20. The number of aliphatic imine (C=N–C) groups is 1. The van der Waals surface area contributed by atoms with Gasteiger partial charge in [-0.05, 0) is 36.8 Å². The summed E-state index contributed by atoms with van der Waals surface area (Å²) in [6, 6.07) is 15.4. The van der Waals surface area contributed by atoms with Crippen molar-refractivity contribution in [2.75, 3.05) is 25.0 Å². The molecule has 30 heavy (non-hydrogen) atoms. The van der Waals surface area contributed by atoms with Crippen LogP contribution in [0.15, 0.2) is 53.5 Å². The van der Waals surface area contributed by atoms with Crippen molar-refractivity contribution < 1.29 is 14.3 Å². The maximum atomic E-state index is 11.8. The van der Waals surface area contributed by atoms with Gasteiger partial charge in [-0.25, -0.2) is 4.99 Å². The molecular weight excluding hydrogens is 380 g/mol. The number of carbonyl (C=O) groups excluding carboxylic acids is 1. The third-order valence-corrected chi connectivity index (χ3v) is 4.57. The van der Waals surface area contributed by atoms with Gasteiger partial charge in [-0.2, -0.15) is 0 Å². The van der Waals surface area contributed by atoms with E-state index in [-0.39, 0.29) is 17.9 Å². The van der Waals surface area contributed by atoms with Crippen molar-refractivity contribution >= 4 is 17.6 Å². The first-order valence-corrected chi connectivity index (χ1v) is 10.4. The van der Waals surface area contributed by atoms with Crippen LogP contribution in [0.4, 0.5) is 5.69 Å². The molecule has 1 atom stereocenters. The van der Waals surface area contributed by atoms with Crippen LogP contribution in [0.2, 0.25) is 0 Å². The number of fused-ring (bicyclic) bond motifs is 1. The number of carbonyl (C=O) groups is 1. The molecule has 1 heterocycles. The maximum Gasteiger partial charge on any atom is 0.226 e. The molecular formula is C23H30N4O3. The maximum absolute atomic E-state index is 11.8. The molecule has 0 bridgehead atoms. The Bertz CT molecular complexity index is 865. The van der Waals surface area contributed by atoms with Crippen molar-refractivity contribution in [3.63, 3.8) is 0 Å². The van der Waals surface area contributed by atoms with E-state index in [0.29, 0.717) is 19.7 Å². The normalized spacial score (nSPS) is 15.6. The van der Waals surface area contributed by atoms with Gasteiger partial charge in [0.1, 0.15) is 12.7 Å². The van der Waals surface area contributed by atoms with Crippen molar-refractivity contribution in [1.82, 2.24) is 10.6 Å². The van der Waals surface area contributed by atoms with Crippen LogP contribution in [0, 0.1) is 5.92 Å². The number of rotatable bonds is 7. The summed E-state index contributed by atoms with van der Waals surface area (Å²) in [5.74, 6) is 2.23. The molecule has 0 saturated heterocycles. The lowest BCUT2D eigenvalue weighted by Gasteiger charge is -2.27. The van der Waals surface area contributed by atoms with Gasteiger partial charge in [-0.3, -0.25) is 4.79 Å². The van der Waals surface area contributed by atoms with Crippen molar-refractivity contribution in [3.8, 4) is 11.5 Å². The summed E-state index contributed by atoms with van der Waals surface area (Å²) >= 11 is 0. The first kappa shape index (κ1) is 21.5. The van der Waals surface area contributed by atoms with Crippen LogP contribution in [0.3, 0.4) is 0 Å². The topological polar surface area (TPSA) is 84.0 Å². The van der Waals surface area contributed by atoms with Crippen molar-refractivity contribution in [2.45, 2.75) is 33.4 Å². The molecule has 0 aromatic heterocycles. The molecule has 1 amide bonds. The van der Waals surface area contributed by atoms with Gasteiger partial charge in [0.05, 0.1) is 13.1 Å². The Hall–Kier alpha value is -3.22. The molecule has 2 aromatic carbocycles. The second kappa shape index (κ2) is 10.5. The van der Waals surface area contributed by atoms with Gasteiger partial charge in [0.2, 0.25) is 5.91 Å². The van der Waals surface area contributed by atoms with Crippen molar-refractivity contribution in [2.24, 2.45) is 10.9 Å². The fraction of sp³-hybridized carbons (Fsp3) is 0.391. The molecule has 0 radical (unpaired) electrons. The molecule has 0 fully saturated rings. The summed E-state index contributed by atoms with van der Waals surface area (Å²) in [7, 11) is 0. The Morgan fingerprint density at radius 2 is 1.83 bits per heavy atom. The summed E-state index contributed by atoms with van der Waals surface area (Å²) in [4.78, 5) is 16.4. The standard InChI is InChI=1S/C23H30N4O3/c1-4-24-23(26-14-19-15-29-20-7-5-6-8-21(20)30-19)25-13-17-9-11-18(12-10-17)27-22(28)16(2)3/h5-12,16,19H,4,13-15H2,1-3H3,(H,27,28)(H2,24,25,26). The lowest BCUT2D eigenvalue weighted by molar-refractivity contribution is -0.118. The average Bonchev–Trinajstić information content (AvgIpc) is 2.76. The number of anilines is 1. The molecule has 1 aliphatic heterocycles. The smallest absolute Gasteiger partial charge is 0.226 e. The molecule has 7 nitrogen and oxygen atoms in total. The number of amides is 1. The molecule has 3 N–H and O–H groups in total. The van der Waals surface area contributed by atoms with Crippen LogP contribution >= 0.6 is 0 Å². The fourth-order valence-electron chi connectivity index (χ4n) is 2.87. The first-order chi connectivity index (χ1) is 14.5. The van der Waals surface area contributed by atoms with Gasteiger partial charge < -0.3 is 25.4 Å². The number of ether oxygens (including phenoxy) is 2. The zero-order chi connectivity index (χ0) is 21.3. The SMILES string of the molecule is CCNC(=NCc1ccc(NC(=O)C(C)C)cc1)NCC1COc2ccccc2O1. The van der Waals surface area contributed by atoms with Crippen LogP contribution in [-0.4, -0.2) is 37.7 Å². The molecule has 0 aliphatic carbocycles. The second-order valence-electron chi connectivity index (χ2n) is 7.41. The molecule has 1 aliphatic rings. The number of hydrogen-bond acceptors (Lipinski definition) is 4. The Balaban J connectivity index is 1.52. The van der Waals surface area contributed by atoms with E-state index < -0.39 is 0 Å². The highest BCUT2D eigenvalue weighted by molar-refractivity contribution is 5.92. The number of para-hydroxylation sites is 2. The average molecular weight is 411 g/mol. The van der Waals surface area contributed by atoms with Crippen LogP contribution in [0.5, 0.6) is 11.5 Å². The van der Waals surface area contributed by atoms with E-state index >= 15 is 0 Å². The molecule has 0 saturated carbocycles. The van der Waals surface area contributed by atoms with Gasteiger partial charge >= 0.3 is 0 Å². The van der Waals surface area contributed by atoms with Gasteiger partial charge in [-0.1, -0.05) is 38.1 Å². The van der Waals surface area contributed by atoms with E-state index in [2.05, 4.69) is 20.9 Å². The quantitative estimate of drug-likeness (QED) is 0.482. The zero-order valence-corrected chi connectivity index (χ0v) is 17.8. The van der Waals surface area contributed by atoms with Gasteiger partial charge in [0, 0.05) is 18.2 Å². The largest absolute Gasteiger partial charge is 0.486 e. The first-order valence-electron chi connectivity index (χ1n) is 10.4. The molecule has 7 heteroatoms. The van der Waals surface area contributed by atoms with Crippen molar-refractivity contribution in [3.05, 3.63) is 54.1 Å². The van der Waals surface area contributed by atoms with Crippen molar-refractivity contribution in [1.29, 1.82) is 0 Å². The summed E-state index contributed by atoms with van der Waals surface area (Å²) in [6.07, 6.45) is -0.0902. The van der Waals surface area contributed by atoms with Crippen LogP contribution in [0.25, 0.3) is 0 Å². The van der Waals surface area contributed by atoms with E-state index in [0.717, 1.165) is 35.3 Å². The monoisotopic (exact) mass is 410 g/mol. The Labute approximate surface area is 177 Å². The zero-order valence-electron chi connectivity index (χ0n) is 17.8. The molecule has 0 spiro atoms. The lowest BCUT2D eigenvalue weighted by atomic mass is 10.2. The van der Waals surface area contributed by atoms with Gasteiger partial charge in [0.15, 0.2) is 17.5 Å². The van der Waals surface area contributed by atoms with Gasteiger partial charge in [-0.15, -0.1) is 0 Å². The summed E-state index contributed by atoms with van der Waals surface area (Å²) in [5, 5.41) is 9.46. The third-order valence-electron chi connectivity index (χ3n) is 4.57. The molecule has 2 aromatic rings. The predicted molar refractivity (Wildman–Crippen MR) is 119 cm³/mol. The molecule has 160 valence electrons. The van der Waals surface area contributed by atoms with E-state index in [1.807, 2.05) is 69.3 Å². The van der Waals surface area contributed by atoms with E-state index in [1.54, 1.807) is 0 Å². The Kier molecular flexibility index (Phi) is 7.54. The highest BCUT2D eigenvalue weighted by Crippen LogP contribution is 2.30. The van der Waals surface area contributed by atoms with E-state index in [1.165, 1.54) is 0 Å². The number of guanidine groups is 1. The van der Waals surface area contributed by atoms with Crippen LogP contribution in [0.1, 0.15) is 26.3 Å². The minimum atomic E-state index is -0.0902. The third kappa shape index (κ3) is 6.14. The Morgan fingerprint density at radius 1 is 1.10 bits per heavy atom. The predicted octanol–water partition coefficient (Wildman–Crippen LogP) is 3.18. The van der Waals surface area contributed by atoms with E-state index in [9.17, 15) is 4.79 Å². The fourth-order valence-corrected chi connectivity index (χ4v) is 2.87. The highest BCUT2D eigenvalue weighted by atomic mass is 16.6. The van der Waals surface area contributed by atoms with E-state index in [4.69, 9.17) is 9.47 Å².